The fourth-order valence-electron chi connectivity index (χ4n) is 3.58. The third kappa shape index (κ3) is 6.37. The maximum atomic E-state index is 13.1. The molecule has 2 aromatic carbocycles. The Morgan fingerprint density at radius 1 is 0.943 bits per heavy atom. The van der Waals surface area contributed by atoms with Crippen LogP contribution in [-0.4, -0.2) is 55.6 Å². The van der Waals surface area contributed by atoms with E-state index in [1.165, 1.54) is 10.4 Å². The van der Waals surface area contributed by atoms with Gasteiger partial charge in [-0.1, -0.05) is 41.9 Å². The highest BCUT2D eigenvalue weighted by Gasteiger charge is 2.30. The Kier molecular flexibility index (Phi) is 8.02. The first-order valence-corrected chi connectivity index (χ1v) is 13.6. The largest absolute Gasteiger partial charge is 0.347 e. The smallest absolute Gasteiger partial charge is 0.252 e. The molecule has 0 bridgehead atoms. The van der Waals surface area contributed by atoms with Crippen LogP contribution in [0.4, 0.5) is 0 Å². The predicted molar refractivity (Wildman–Crippen MR) is 138 cm³/mol. The van der Waals surface area contributed by atoms with Crippen molar-refractivity contribution >= 4 is 50.9 Å². The maximum Gasteiger partial charge on any atom is 0.252 e. The SMILES string of the molecule is O=C(NCc1ccc(S(=O)(=O)N2CCN(C(=O)/C=C/c3ccccc3)CC2)s1)c1ccc(Cl)cc1. The molecule has 10 heteroatoms. The highest BCUT2D eigenvalue weighted by Crippen LogP contribution is 2.26. The van der Waals surface area contributed by atoms with E-state index in [4.69, 9.17) is 11.6 Å². The average Bonchev–Trinajstić information content (AvgIpc) is 3.37. The summed E-state index contributed by atoms with van der Waals surface area (Å²) in [4.78, 5) is 27.1. The molecule has 4 rings (SSSR count). The predicted octanol–water partition coefficient (Wildman–Crippen LogP) is 3.88. The van der Waals surface area contributed by atoms with Gasteiger partial charge in [0, 0.05) is 47.7 Å². The van der Waals surface area contributed by atoms with Gasteiger partial charge in [-0.2, -0.15) is 4.31 Å². The van der Waals surface area contributed by atoms with Crippen LogP contribution in [0.3, 0.4) is 0 Å². The molecule has 2 heterocycles. The van der Waals surface area contributed by atoms with Gasteiger partial charge in [-0.25, -0.2) is 8.42 Å². The van der Waals surface area contributed by atoms with E-state index in [0.717, 1.165) is 21.8 Å². The molecule has 35 heavy (non-hydrogen) atoms. The topological polar surface area (TPSA) is 86.8 Å². The van der Waals surface area contributed by atoms with Crippen LogP contribution in [0.25, 0.3) is 6.08 Å². The number of thiophene rings is 1. The number of piperazine rings is 1. The minimum atomic E-state index is -3.67. The number of hydrogen-bond donors (Lipinski definition) is 1. The number of rotatable bonds is 7. The number of carbonyl (C=O) groups excluding carboxylic acids is 2. The van der Waals surface area contributed by atoms with Crippen LogP contribution in [-0.2, 0) is 21.4 Å². The van der Waals surface area contributed by atoms with Crippen molar-refractivity contribution in [2.24, 2.45) is 0 Å². The molecular weight excluding hydrogens is 506 g/mol. The fourth-order valence-corrected chi connectivity index (χ4v) is 6.57. The molecular formula is C25H24ClN3O4S2. The first-order chi connectivity index (χ1) is 16.8. The second-order valence-corrected chi connectivity index (χ2v) is 11.7. The van der Waals surface area contributed by atoms with Gasteiger partial charge in [0.25, 0.3) is 15.9 Å². The Balaban J connectivity index is 1.31. The van der Waals surface area contributed by atoms with Crippen molar-refractivity contribution in [1.82, 2.24) is 14.5 Å². The van der Waals surface area contributed by atoms with Gasteiger partial charge in [0.2, 0.25) is 5.91 Å². The number of nitrogens with zero attached hydrogens (tertiary/aromatic N) is 2. The van der Waals surface area contributed by atoms with E-state index in [1.54, 1.807) is 47.4 Å². The number of sulfonamides is 1. The summed E-state index contributed by atoms with van der Waals surface area (Å²) in [7, 11) is -3.67. The summed E-state index contributed by atoms with van der Waals surface area (Å²) >= 11 is 6.98. The Morgan fingerprint density at radius 3 is 2.31 bits per heavy atom. The molecule has 1 aliphatic heterocycles. The van der Waals surface area contributed by atoms with Gasteiger partial charge in [0.05, 0.1) is 6.54 Å². The standard InChI is InChI=1S/C25H24ClN3O4S2/c26-21-9-7-20(8-10-21)25(31)27-18-22-11-13-24(34-22)35(32,33)29-16-14-28(15-17-29)23(30)12-6-19-4-2-1-3-5-19/h1-13H,14-18H2,(H,27,31)/b12-6+. The number of amides is 2. The van der Waals surface area contributed by atoms with Gasteiger partial charge in [-0.05, 0) is 48.0 Å². The second kappa shape index (κ2) is 11.2. The van der Waals surface area contributed by atoms with Gasteiger partial charge >= 0.3 is 0 Å². The van der Waals surface area contributed by atoms with Crippen LogP contribution in [0.2, 0.25) is 5.02 Å². The van der Waals surface area contributed by atoms with E-state index in [0.29, 0.717) is 23.7 Å². The average molecular weight is 530 g/mol. The fraction of sp³-hybridized carbons (Fsp3) is 0.200. The lowest BCUT2D eigenvalue weighted by Gasteiger charge is -2.33. The third-order valence-electron chi connectivity index (χ3n) is 5.53. The van der Waals surface area contributed by atoms with Gasteiger partial charge in [-0.3, -0.25) is 9.59 Å². The lowest BCUT2D eigenvalue weighted by molar-refractivity contribution is -0.127. The first-order valence-electron chi connectivity index (χ1n) is 11.0. The number of benzene rings is 2. The van der Waals surface area contributed by atoms with Crippen molar-refractivity contribution < 1.29 is 18.0 Å². The highest BCUT2D eigenvalue weighted by molar-refractivity contribution is 7.91. The number of hydrogen-bond acceptors (Lipinski definition) is 5. The number of carbonyl (C=O) groups is 2. The molecule has 1 fully saturated rings. The normalized spacial score (nSPS) is 14.8. The van der Waals surface area contributed by atoms with Crippen LogP contribution >= 0.6 is 22.9 Å². The zero-order valence-corrected chi connectivity index (χ0v) is 21.2. The molecule has 1 saturated heterocycles. The van der Waals surface area contributed by atoms with Crippen molar-refractivity contribution in [2.45, 2.75) is 10.8 Å². The molecule has 0 aliphatic carbocycles. The van der Waals surface area contributed by atoms with E-state index >= 15 is 0 Å². The number of nitrogens with one attached hydrogen (secondary N) is 1. The first kappa shape index (κ1) is 25.1. The molecule has 3 aromatic rings. The van der Waals surface area contributed by atoms with Crippen LogP contribution in [0.15, 0.2) is 77.0 Å². The lowest BCUT2D eigenvalue weighted by atomic mass is 10.2. The van der Waals surface area contributed by atoms with Gasteiger partial charge < -0.3 is 10.2 Å². The summed E-state index contributed by atoms with van der Waals surface area (Å²) in [5.74, 6) is -0.401. The van der Waals surface area contributed by atoms with Gasteiger partial charge in [0.1, 0.15) is 4.21 Å². The minimum Gasteiger partial charge on any atom is -0.347 e. The summed E-state index contributed by atoms with van der Waals surface area (Å²) < 4.78 is 27.8. The summed E-state index contributed by atoms with van der Waals surface area (Å²) in [6.45, 7) is 1.33. The molecule has 0 atom stereocenters. The molecule has 0 radical (unpaired) electrons. The monoisotopic (exact) mass is 529 g/mol. The van der Waals surface area contributed by atoms with Crippen molar-refractivity contribution in [2.75, 3.05) is 26.2 Å². The van der Waals surface area contributed by atoms with E-state index in [9.17, 15) is 18.0 Å². The van der Waals surface area contributed by atoms with E-state index in [2.05, 4.69) is 5.32 Å². The summed E-state index contributed by atoms with van der Waals surface area (Å²) in [6.07, 6.45) is 3.27. The molecule has 0 unspecified atom stereocenters. The van der Waals surface area contributed by atoms with E-state index < -0.39 is 10.0 Å². The zero-order valence-electron chi connectivity index (χ0n) is 18.8. The van der Waals surface area contributed by atoms with Crippen LogP contribution in [0.1, 0.15) is 20.8 Å². The molecule has 2 amide bonds. The maximum absolute atomic E-state index is 13.1. The Hall–Kier alpha value is -2.98. The van der Waals surface area contributed by atoms with Gasteiger partial charge in [-0.15, -0.1) is 11.3 Å². The quantitative estimate of drug-likeness (QED) is 0.471. The molecule has 7 nitrogen and oxygen atoms in total. The third-order valence-corrected chi connectivity index (χ3v) is 9.23. The Labute approximate surface area is 213 Å². The molecule has 1 N–H and O–H groups in total. The van der Waals surface area contributed by atoms with Gasteiger partial charge in [0.15, 0.2) is 0 Å². The van der Waals surface area contributed by atoms with Crippen LogP contribution in [0.5, 0.6) is 0 Å². The van der Waals surface area contributed by atoms with Crippen LogP contribution < -0.4 is 5.32 Å². The van der Waals surface area contributed by atoms with Crippen LogP contribution in [0, 0.1) is 0 Å². The van der Waals surface area contributed by atoms with E-state index in [1.807, 2.05) is 30.3 Å². The minimum absolute atomic E-state index is 0.138. The summed E-state index contributed by atoms with van der Waals surface area (Å²) in [5, 5.41) is 3.34. The molecule has 0 saturated carbocycles. The zero-order chi connectivity index (χ0) is 24.8. The number of halogens is 1. The summed E-state index contributed by atoms with van der Waals surface area (Å²) in [6, 6.07) is 19.3. The van der Waals surface area contributed by atoms with Crippen molar-refractivity contribution in [3.8, 4) is 0 Å². The highest BCUT2D eigenvalue weighted by atomic mass is 35.5. The molecule has 1 aliphatic rings. The lowest BCUT2D eigenvalue weighted by Crippen LogP contribution is -2.50. The molecule has 1 aromatic heterocycles. The Bertz CT molecular complexity index is 1310. The second-order valence-electron chi connectivity index (χ2n) is 7.88. The molecule has 182 valence electrons. The van der Waals surface area contributed by atoms with Crippen molar-refractivity contribution in [1.29, 1.82) is 0 Å². The molecule has 0 spiro atoms. The van der Waals surface area contributed by atoms with Crippen molar-refractivity contribution in [3.05, 3.63) is 93.8 Å². The Morgan fingerprint density at radius 2 is 1.63 bits per heavy atom. The van der Waals surface area contributed by atoms with Crippen molar-refractivity contribution in [3.63, 3.8) is 0 Å². The summed E-state index contributed by atoms with van der Waals surface area (Å²) in [5.41, 5.74) is 1.41. The van der Waals surface area contributed by atoms with E-state index in [-0.39, 0.29) is 35.7 Å².